The Morgan fingerprint density at radius 2 is 0.958 bits per heavy atom. The first-order chi connectivity index (χ1) is 23.8. The lowest BCUT2D eigenvalue weighted by atomic mass is 10.0. The van der Waals surface area contributed by atoms with Crippen LogP contribution in [-0.4, -0.2) is 19.1 Å². The first kappa shape index (κ1) is 26.7. The molecule has 0 saturated carbocycles. The van der Waals surface area contributed by atoms with Gasteiger partial charge in [-0.15, -0.1) is 0 Å². The average molecular weight is 613 g/mol. The van der Waals surface area contributed by atoms with E-state index in [2.05, 4.69) is 167 Å². The molecule has 7 aromatic carbocycles. The van der Waals surface area contributed by atoms with Gasteiger partial charge in [-0.2, -0.15) is 0 Å². The normalized spacial score (nSPS) is 11.8. The van der Waals surface area contributed by atoms with Crippen molar-refractivity contribution in [2.24, 2.45) is 0 Å². The Balaban J connectivity index is 1.34. The monoisotopic (exact) mass is 612 g/mol. The Morgan fingerprint density at radius 1 is 0.375 bits per heavy atom. The number of para-hydroxylation sites is 4. The minimum Gasteiger partial charge on any atom is -0.309 e. The van der Waals surface area contributed by atoms with Gasteiger partial charge in [0.15, 0.2) is 0 Å². The summed E-state index contributed by atoms with van der Waals surface area (Å²) in [7, 11) is 0. The molecule has 0 fully saturated rings. The highest BCUT2D eigenvalue weighted by Crippen LogP contribution is 2.43. The molecule has 0 N–H and O–H groups in total. The molecule has 0 aliphatic carbocycles. The first-order valence-electron chi connectivity index (χ1n) is 16.3. The van der Waals surface area contributed by atoms with Crippen molar-refractivity contribution in [3.05, 3.63) is 170 Å². The van der Waals surface area contributed by atoms with E-state index in [1.807, 2.05) is 12.1 Å². The van der Waals surface area contributed by atoms with Crippen LogP contribution in [0.3, 0.4) is 0 Å². The maximum atomic E-state index is 5.47. The number of aromatic nitrogens is 4. The van der Waals surface area contributed by atoms with E-state index in [1.165, 1.54) is 32.6 Å². The van der Waals surface area contributed by atoms with Gasteiger partial charge in [0.2, 0.25) is 0 Å². The van der Waals surface area contributed by atoms with Gasteiger partial charge in [-0.05, 0) is 42.5 Å². The van der Waals surface area contributed by atoms with Gasteiger partial charge >= 0.3 is 0 Å². The summed E-state index contributed by atoms with van der Waals surface area (Å²) in [5.74, 6) is 0. The predicted octanol–water partition coefficient (Wildman–Crippen LogP) is 11.2. The van der Waals surface area contributed by atoms with Gasteiger partial charge in [0.25, 0.3) is 0 Å². The van der Waals surface area contributed by atoms with Crippen LogP contribution in [-0.2, 0) is 0 Å². The second-order valence-electron chi connectivity index (χ2n) is 12.2. The van der Waals surface area contributed by atoms with Crippen molar-refractivity contribution in [3.63, 3.8) is 0 Å². The summed E-state index contributed by atoms with van der Waals surface area (Å²) in [6.07, 6.45) is 0. The van der Waals surface area contributed by atoms with E-state index >= 15 is 0 Å². The SMILES string of the molecule is c1ccc(-c2nc3cccc(-n4c5ccccc5c5c4ccc4c6ccccc6n(-c6ccccc6)c45)c3nc2-c2ccccc2)cc1. The Kier molecular flexibility index (Phi) is 5.84. The molecule has 0 atom stereocenters. The molecule has 224 valence electrons. The van der Waals surface area contributed by atoms with E-state index in [1.54, 1.807) is 0 Å². The van der Waals surface area contributed by atoms with Crippen LogP contribution >= 0.6 is 0 Å². The van der Waals surface area contributed by atoms with E-state index in [0.29, 0.717) is 0 Å². The van der Waals surface area contributed by atoms with Crippen LogP contribution in [0.2, 0.25) is 0 Å². The summed E-state index contributed by atoms with van der Waals surface area (Å²) in [6, 6.07) is 59.8. The molecule has 48 heavy (non-hydrogen) atoms. The molecule has 0 unspecified atom stereocenters. The molecule has 0 amide bonds. The minimum absolute atomic E-state index is 0.858. The van der Waals surface area contributed by atoms with Gasteiger partial charge in [0.05, 0.1) is 44.7 Å². The number of rotatable bonds is 4. The quantitative estimate of drug-likeness (QED) is 0.198. The standard InChI is InChI=1S/C44H28N4/c1-4-15-29(16-5-1)41-42(30-17-6-2-7-18-30)46-43-35(45-41)23-14-26-39(43)48-37-25-13-11-22-34(37)40-38(48)28-27-33-32-21-10-12-24-36(32)47(44(33)40)31-19-8-3-9-20-31/h1-28H. The predicted molar refractivity (Wildman–Crippen MR) is 199 cm³/mol. The van der Waals surface area contributed by atoms with Crippen molar-refractivity contribution in [1.82, 2.24) is 19.1 Å². The van der Waals surface area contributed by atoms with Crippen molar-refractivity contribution < 1.29 is 0 Å². The van der Waals surface area contributed by atoms with Crippen molar-refractivity contribution >= 4 is 54.6 Å². The highest BCUT2D eigenvalue weighted by atomic mass is 15.0. The largest absolute Gasteiger partial charge is 0.309 e. The zero-order valence-corrected chi connectivity index (χ0v) is 26.0. The third-order valence-electron chi connectivity index (χ3n) is 9.49. The third kappa shape index (κ3) is 3.90. The minimum atomic E-state index is 0.858. The van der Waals surface area contributed by atoms with Gasteiger partial charge in [-0.1, -0.05) is 127 Å². The Labute approximate surface area is 276 Å². The van der Waals surface area contributed by atoms with Gasteiger partial charge in [0.1, 0.15) is 5.52 Å². The van der Waals surface area contributed by atoms with Gasteiger partial charge in [0, 0.05) is 38.4 Å². The van der Waals surface area contributed by atoms with Crippen LogP contribution in [0.4, 0.5) is 0 Å². The van der Waals surface area contributed by atoms with Crippen LogP contribution in [0.5, 0.6) is 0 Å². The maximum Gasteiger partial charge on any atom is 0.113 e. The molecule has 0 bridgehead atoms. The highest BCUT2D eigenvalue weighted by molar-refractivity contribution is 6.26. The lowest BCUT2D eigenvalue weighted by molar-refractivity contribution is 1.17. The summed E-state index contributed by atoms with van der Waals surface area (Å²) in [4.78, 5) is 10.8. The molecular weight excluding hydrogens is 585 g/mol. The first-order valence-corrected chi connectivity index (χ1v) is 16.3. The maximum absolute atomic E-state index is 5.47. The third-order valence-corrected chi connectivity index (χ3v) is 9.49. The molecule has 4 heteroatoms. The fraction of sp³-hybridized carbons (Fsp3) is 0. The number of hydrogen-bond acceptors (Lipinski definition) is 2. The number of hydrogen-bond donors (Lipinski definition) is 0. The molecule has 10 rings (SSSR count). The van der Waals surface area contributed by atoms with Crippen LogP contribution in [0.15, 0.2) is 170 Å². The lowest BCUT2D eigenvalue weighted by Gasteiger charge is -2.15. The Morgan fingerprint density at radius 3 is 1.67 bits per heavy atom. The van der Waals surface area contributed by atoms with Crippen LogP contribution in [0, 0.1) is 0 Å². The summed E-state index contributed by atoms with van der Waals surface area (Å²) in [6.45, 7) is 0. The highest BCUT2D eigenvalue weighted by Gasteiger charge is 2.22. The molecule has 3 heterocycles. The number of nitrogens with zero attached hydrogens (tertiary/aromatic N) is 4. The molecule has 0 spiro atoms. The van der Waals surface area contributed by atoms with Crippen molar-refractivity contribution in [1.29, 1.82) is 0 Å². The van der Waals surface area contributed by atoms with Crippen LogP contribution in [0.25, 0.3) is 88.5 Å². The molecule has 0 radical (unpaired) electrons. The second-order valence-corrected chi connectivity index (χ2v) is 12.2. The molecule has 0 aliphatic heterocycles. The molecule has 3 aromatic heterocycles. The fourth-order valence-electron chi connectivity index (χ4n) is 7.45. The van der Waals surface area contributed by atoms with E-state index in [9.17, 15) is 0 Å². The number of benzene rings is 7. The summed E-state index contributed by atoms with van der Waals surface area (Å²) >= 11 is 0. The fourth-order valence-corrected chi connectivity index (χ4v) is 7.45. The van der Waals surface area contributed by atoms with Gasteiger partial charge in [-0.3, -0.25) is 0 Å². The van der Waals surface area contributed by atoms with Gasteiger partial charge in [-0.25, -0.2) is 9.97 Å². The van der Waals surface area contributed by atoms with Crippen LogP contribution < -0.4 is 0 Å². The molecule has 4 nitrogen and oxygen atoms in total. The van der Waals surface area contributed by atoms with E-state index in [-0.39, 0.29) is 0 Å². The molecule has 10 aromatic rings. The summed E-state index contributed by atoms with van der Waals surface area (Å²) in [5, 5.41) is 4.90. The smallest absolute Gasteiger partial charge is 0.113 e. The van der Waals surface area contributed by atoms with E-state index in [0.717, 1.165) is 56.0 Å². The Hall–Kier alpha value is -6.52. The second kappa shape index (κ2) is 10.5. The lowest BCUT2D eigenvalue weighted by Crippen LogP contribution is -2.01. The average Bonchev–Trinajstić information content (AvgIpc) is 3.68. The van der Waals surface area contributed by atoms with Gasteiger partial charge < -0.3 is 9.13 Å². The number of fused-ring (bicyclic) bond motifs is 8. The molecule has 0 aliphatic rings. The summed E-state index contributed by atoms with van der Waals surface area (Å²) in [5.41, 5.74) is 12.4. The summed E-state index contributed by atoms with van der Waals surface area (Å²) < 4.78 is 4.80. The molecular formula is C44H28N4. The van der Waals surface area contributed by atoms with E-state index in [4.69, 9.17) is 9.97 Å². The topological polar surface area (TPSA) is 35.6 Å². The Bertz CT molecular complexity index is 2810. The van der Waals surface area contributed by atoms with Crippen molar-refractivity contribution in [2.75, 3.05) is 0 Å². The van der Waals surface area contributed by atoms with Crippen molar-refractivity contribution in [3.8, 4) is 33.9 Å². The van der Waals surface area contributed by atoms with Crippen molar-refractivity contribution in [2.45, 2.75) is 0 Å². The molecule has 0 saturated heterocycles. The zero-order chi connectivity index (χ0) is 31.6. The zero-order valence-electron chi connectivity index (χ0n) is 26.0. The van der Waals surface area contributed by atoms with E-state index < -0.39 is 0 Å². The van der Waals surface area contributed by atoms with Crippen LogP contribution in [0.1, 0.15) is 0 Å².